The zero-order chi connectivity index (χ0) is 15.0. The second-order valence-corrected chi connectivity index (χ2v) is 5.63. The molecule has 1 atom stereocenters. The van der Waals surface area contributed by atoms with Crippen LogP contribution in [0.25, 0.3) is 0 Å². The molecule has 0 bridgehead atoms. The van der Waals surface area contributed by atoms with Gasteiger partial charge in [0.1, 0.15) is 17.5 Å². The second-order valence-electron chi connectivity index (χ2n) is 5.63. The van der Waals surface area contributed by atoms with Crippen LogP contribution in [0.1, 0.15) is 59.7 Å². The van der Waals surface area contributed by atoms with Gasteiger partial charge in [0.15, 0.2) is 0 Å². The first-order valence-electron chi connectivity index (χ1n) is 7.99. The Morgan fingerprint density at radius 1 is 1.05 bits per heavy atom. The van der Waals surface area contributed by atoms with Crippen LogP contribution in [0, 0.1) is 5.92 Å². The number of rotatable bonds is 9. The smallest absolute Gasteiger partial charge is 0.133 e. The van der Waals surface area contributed by atoms with E-state index in [2.05, 4.69) is 55.2 Å². The van der Waals surface area contributed by atoms with Gasteiger partial charge in [0, 0.05) is 25.1 Å². The molecule has 1 aromatic heterocycles. The maximum atomic E-state index is 4.64. The molecule has 1 heterocycles. The van der Waals surface area contributed by atoms with E-state index in [1.165, 1.54) is 0 Å². The van der Waals surface area contributed by atoms with Gasteiger partial charge in [-0.3, -0.25) is 0 Å². The van der Waals surface area contributed by atoms with E-state index in [4.69, 9.17) is 0 Å². The number of anilines is 2. The van der Waals surface area contributed by atoms with Crippen molar-refractivity contribution in [2.24, 2.45) is 5.92 Å². The van der Waals surface area contributed by atoms with Crippen molar-refractivity contribution in [2.75, 3.05) is 17.2 Å². The Balaban J connectivity index is 2.89. The van der Waals surface area contributed by atoms with Crippen LogP contribution < -0.4 is 10.6 Å². The van der Waals surface area contributed by atoms with Crippen LogP contribution in [0.5, 0.6) is 0 Å². The summed E-state index contributed by atoms with van der Waals surface area (Å²) in [5, 5.41) is 6.92. The number of nitrogens with one attached hydrogen (secondary N) is 2. The Labute approximate surface area is 123 Å². The quantitative estimate of drug-likeness (QED) is 0.714. The number of aromatic nitrogens is 2. The van der Waals surface area contributed by atoms with Crippen molar-refractivity contribution in [3.05, 3.63) is 11.9 Å². The van der Waals surface area contributed by atoms with E-state index in [0.717, 1.165) is 49.7 Å². The highest BCUT2D eigenvalue weighted by atomic mass is 15.1. The fourth-order valence-electron chi connectivity index (χ4n) is 2.18. The summed E-state index contributed by atoms with van der Waals surface area (Å²) in [4.78, 5) is 9.22. The monoisotopic (exact) mass is 278 g/mol. The summed E-state index contributed by atoms with van der Waals surface area (Å²) in [6.07, 6.45) is 4.19. The lowest BCUT2D eigenvalue weighted by Crippen LogP contribution is -2.25. The minimum atomic E-state index is 0.457. The van der Waals surface area contributed by atoms with E-state index in [0.29, 0.717) is 12.0 Å². The van der Waals surface area contributed by atoms with E-state index < -0.39 is 0 Å². The number of nitrogens with zero attached hydrogens (tertiary/aromatic N) is 2. The molecule has 0 aromatic carbocycles. The number of aryl methyl sites for hydroxylation is 1. The summed E-state index contributed by atoms with van der Waals surface area (Å²) < 4.78 is 0. The molecule has 0 aliphatic rings. The largest absolute Gasteiger partial charge is 0.370 e. The highest BCUT2D eigenvalue weighted by Gasteiger charge is 2.12. The van der Waals surface area contributed by atoms with Crippen LogP contribution >= 0.6 is 0 Å². The molecule has 4 heteroatoms. The van der Waals surface area contributed by atoms with Crippen LogP contribution in [-0.2, 0) is 6.42 Å². The minimum absolute atomic E-state index is 0.457. The van der Waals surface area contributed by atoms with Crippen molar-refractivity contribution in [1.29, 1.82) is 0 Å². The van der Waals surface area contributed by atoms with E-state index in [1.807, 2.05) is 6.07 Å². The number of hydrogen-bond donors (Lipinski definition) is 2. The molecule has 114 valence electrons. The molecule has 0 aliphatic heterocycles. The lowest BCUT2D eigenvalue weighted by molar-refractivity contribution is 0.509. The maximum Gasteiger partial charge on any atom is 0.133 e. The van der Waals surface area contributed by atoms with Crippen molar-refractivity contribution < 1.29 is 0 Å². The lowest BCUT2D eigenvalue weighted by atomic mass is 10.0. The summed E-state index contributed by atoms with van der Waals surface area (Å²) in [5.41, 5.74) is 0. The highest BCUT2D eigenvalue weighted by Crippen LogP contribution is 2.17. The Morgan fingerprint density at radius 3 is 2.30 bits per heavy atom. The Bertz CT molecular complexity index is 390. The van der Waals surface area contributed by atoms with E-state index in [-0.39, 0.29) is 0 Å². The first-order chi connectivity index (χ1) is 9.60. The third kappa shape index (κ3) is 5.35. The molecule has 1 rings (SSSR count). The Hall–Kier alpha value is -1.32. The summed E-state index contributed by atoms with van der Waals surface area (Å²) in [6.45, 7) is 12.0. The summed E-state index contributed by atoms with van der Waals surface area (Å²) in [6, 6.07) is 2.48. The van der Waals surface area contributed by atoms with Gasteiger partial charge in [0.2, 0.25) is 0 Å². The van der Waals surface area contributed by atoms with Crippen molar-refractivity contribution in [2.45, 2.75) is 66.3 Å². The zero-order valence-corrected chi connectivity index (χ0v) is 13.7. The minimum Gasteiger partial charge on any atom is -0.370 e. The summed E-state index contributed by atoms with van der Waals surface area (Å²) in [5.74, 6) is 3.40. The van der Waals surface area contributed by atoms with Gasteiger partial charge in [-0.1, -0.05) is 34.6 Å². The second kappa shape index (κ2) is 8.77. The molecule has 0 saturated carbocycles. The molecule has 20 heavy (non-hydrogen) atoms. The average molecular weight is 278 g/mol. The van der Waals surface area contributed by atoms with Crippen molar-refractivity contribution in [3.63, 3.8) is 0 Å². The molecular weight excluding hydrogens is 248 g/mol. The van der Waals surface area contributed by atoms with Crippen molar-refractivity contribution in [1.82, 2.24) is 9.97 Å². The molecule has 1 aromatic rings. The molecule has 0 radical (unpaired) electrons. The van der Waals surface area contributed by atoms with Gasteiger partial charge in [-0.25, -0.2) is 9.97 Å². The fourth-order valence-corrected chi connectivity index (χ4v) is 2.18. The molecule has 0 amide bonds. The Morgan fingerprint density at radius 2 is 1.75 bits per heavy atom. The standard InChI is InChI=1S/C16H30N4/c1-6-9-14-19-15(17-10-7-2)11-16(20-14)18-13(8-3)12(4)5/h11-13H,6-10H2,1-5H3,(H2,17,18,19,20). The zero-order valence-electron chi connectivity index (χ0n) is 13.7. The molecule has 4 nitrogen and oxygen atoms in total. The van der Waals surface area contributed by atoms with Gasteiger partial charge in [0.25, 0.3) is 0 Å². The third-order valence-electron chi connectivity index (χ3n) is 3.38. The Kier molecular flexibility index (Phi) is 7.34. The van der Waals surface area contributed by atoms with E-state index >= 15 is 0 Å². The number of hydrogen-bond acceptors (Lipinski definition) is 4. The molecule has 1 unspecified atom stereocenters. The van der Waals surface area contributed by atoms with Gasteiger partial charge < -0.3 is 10.6 Å². The molecule has 0 aliphatic carbocycles. The average Bonchev–Trinajstić information content (AvgIpc) is 2.42. The maximum absolute atomic E-state index is 4.64. The predicted molar refractivity (Wildman–Crippen MR) is 87.3 cm³/mol. The van der Waals surface area contributed by atoms with E-state index in [1.54, 1.807) is 0 Å². The topological polar surface area (TPSA) is 49.8 Å². The van der Waals surface area contributed by atoms with Crippen LogP contribution in [0.2, 0.25) is 0 Å². The van der Waals surface area contributed by atoms with Crippen LogP contribution in [-0.4, -0.2) is 22.6 Å². The summed E-state index contributed by atoms with van der Waals surface area (Å²) in [7, 11) is 0. The first-order valence-corrected chi connectivity index (χ1v) is 7.99. The predicted octanol–water partition coefficient (Wildman–Crippen LogP) is 4.10. The lowest BCUT2D eigenvalue weighted by Gasteiger charge is -2.22. The summed E-state index contributed by atoms with van der Waals surface area (Å²) >= 11 is 0. The first kappa shape index (κ1) is 16.7. The van der Waals surface area contributed by atoms with Crippen LogP contribution in [0.4, 0.5) is 11.6 Å². The van der Waals surface area contributed by atoms with Gasteiger partial charge in [-0.05, 0) is 25.2 Å². The highest BCUT2D eigenvalue weighted by molar-refractivity contribution is 5.48. The fraction of sp³-hybridized carbons (Fsp3) is 0.750. The SMILES string of the molecule is CCCNc1cc(NC(CC)C(C)C)nc(CCC)n1. The molecule has 0 fully saturated rings. The van der Waals surface area contributed by atoms with Crippen LogP contribution in [0.3, 0.4) is 0 Å². The van der Waals surface area contributed by atoms with Crippen molar-refractivity contribution >= 4 is 11.6 Å². The molecule has 2 N–H and O–H groups in total. The van der Waals surface area contributed by atoms with Gasteiger partial charge in [-0.15, -0.1) is 0 Å². The normalized spacial score (nSPS) is 12.5. The van der Waals surface area contributed by atoms with E-state index in [9.17, 15) is 0 Å². The van der Waals surface area contributed by atoms with Gasteiger partial charge in [-0.2, -0.15) is 0 Å². The third-order valence-corrected chi connectivity index (χ3v) is 3.38. The molecule has 0 saturated heterocycles. The molecular formula is C16H30N4. The molecule has 0 spiro atoms. The van der Waals surface area contributed by atoms with Gasteiger partial charge in [0.05, 0.1) is 0 Å². The van der Waals surface area contributed by atoms with Crippen molar-refractivity contribution in [3.8, 4) is 0 Å². The van der Waals surface area contributed by atoms with Crippen LogP contribution in [0.15, 0.2) is 6.07 Å². The van der Waals surface area contributed by atoms with Gasteiger partial charge >= 0.3 is 0 Å².